The van der Waals surface area contributed by atoms with Crippen molar-refractivity contribution < 1.29 is 24.3 Å². The van der Waals surface area contributed by atoms with Crippen LogP contribution in [0.1, 0.15) is 40.2 Å². The number of amides is 3. The fourth-order valence-electron chi connectivity index (χ4n) is 4.13. The lowest BCUT2D eigenvalue weighted by Crippen LogP contribution is -2.40. The summed E-state index contributed by atoms with van der Waals surface area (Å²) in [6.07, 6.45) is 3.51. The Balaban J connectivity index is 1.61. The van der Waals surface area contributed by atoms with Crippen molar-refractivity contribution in [2.75, 3.05) is 19.6 Å². The average Bonchev–Trinajstić information content (AvgIpc) is 3.45. The monoisotopic (exact) mass is 487 g/mol. The quantitative estimate of drug-likeness (QED) is 0.637. The van der Waals surface area contributed by atoms with E-state index >= 15 is 0 Å². The van der Waals surface area contributed by atoms with Crippen LogP contribution in [0, 0.1) is 13.8 Å². The number of thioether (sulfide) groups is 1. The third-order valence-corrected chi connectivity index (χ3v) is 7.06. The van der Waals surface area contributed by atoms with E-state index in [9.17, 15) is 24.3 Å². The van der Waals surface area contributed by atoms with Crippen LogP contribution < -0.4 is 0 Å². The molecule has 33 heavy (non-hydrogen) atoms. The van der Waals surface area contributed by atoms with Crippen LogP contribution in [-0.4, -0.2) is 62.1 Å². The Morgan fingerprint density at radius 3 is 2.52 bits per heavy atom. The molecule has 4 rings (SSSR count). The molecule has 0 unspecified atom stereocenters. The van der Waals surface area contributed by atoms with Gasteiger partial charge in [-0.15, -0.1) is 0 Å². The summed E-state index contributed by atoms with van der Waals surface area (Å²) in [7, 11) is 0. The minimum absolute atomic E-state index is 0.00740. The lowest BCUT2D eigenvalue weighted by Gasteiger charge is -2.18. The minimum atomic E-state index is -1.12. The van der Waals surface area contributed by atoms with Gasteiger partial charge in [-0.3, -0.25) is 19.3 Å². The molecule has 0 saturated carbocycles. The molecule has 2 aromatic rings. The highest BCUT2D eigenvalue weighted by Gasteiger charge is 2.37. The van der Waals surface area contributed by atoms with Gasteiger partial charge < -0.3 is 14.6 Å². The Hall–Kier alpha value is -3.04. The Morgan fingerprint density at radius 1 is 1.15 bits per heavy atom. The Kier molecular flexibility index (Phi) is 6.36. The van der Waals surface area contributed by atoms with Crippen LogP contribution in [0.3, 0.4) is 0 Å². The Labute approximate surface area is 199 Å². The van der Waals surface area contributed by atoms with Gasteiger partial charge in [0, 0.05) is 30.2 Å². The topological polar surface area (TPSA) is 99.9 Å². The number of rotatable bonds is 5. The van der Waals surface area contributed by atoms with Gasteiger partial charge in [-0.05, 0) is 74.4 Å². The molecule has 1 aromatic heterocycles. The van der Waals surface area contributed by atoms with Crippen molar-refractivity contribution in [2.24, 2.45) is 0 Å². The molecule has 8 nitrogen and oxygen atoms in total. The van der Waals surface area contributed by atoms with E-state index in [4.69, 9.17) is 11.6 Å². The largest absolute Gasteiger partial charge is 0.478 e. The number of nitrogens with zero attached hydrogens (tertiary/aromatic N) is 3. The summed E-state index contributed by atoms with van der Waals surface area (Å²) in [5.41, 5.74) is 2.92. The van der Waals surface area contributed by atoms with E-state index in [0.717, 1.165) is 46.5 Å². The smallest absolute Gasteiger partial charge is 0.337 e. The predicted octanol–water partition coefficient (Wildman–Crippen LogP) is 4.10. The summed E-state index contributed by atoms with van der Waals surface area (Å²) in [5.74, 6) is -1.82. The fraction of sp³-hybridized carbons (Fsp3) is 0.304. The first-order chi connectivity index (χ1) is 15.7. The number of halogens is 1. The first-order valence-corrected chi connectivity index (χ1v) is 11.6. The molecular formula is C23H22ClN3O5S. The first kappa shape index (κ1) is 23.1. The maximum Gasteiger partial charge on any atom is 0.337 e. The van der Waals surface area contributed by atoms with Gasteiger partial charge in [0.2, 0.25) is 5.91 Å². The number of aromatic nitrogens is 1. The van der Waals surface area contributed by atoms with Crippen LogP contribution in [0.25, 0.3) is 11.8 Å². The lowest BCUT2D eigenvalue weighted by molar-refractivity contribution is -0.135. The normalized spacial score (nSPS) is 17.5. The zero-order valence-corrected chi connectivity index (χ0v) is 19.7. The maximum absolute atomic E-state index is 12.9. The van der Waals surface area contributed by atoms with Gasteiger partial charge >= 0.3 is 5.97 Å². The highest BCUT2D eigenvalue weighted by Crippen LogP contribution is 2.34. The van der Waals surface area contributed by atoms with Crippen molar-refractivity contribution in [3.05, 3.63) is 56.7 Å². The number of carboxylic acids is 1. The molecule has 2 saturated heterocycles. The Morgan fingerprint density at radius 2 is 1.85 bits per heavy atom. The number of aromatic carboxylic acids is 1. The fourth-order valence-corrected chi connectivity index (χ4v) is 5.15. The van der Waals surface area contributed by atoms with Gasteiger partial charge in [0.05, 0.1) is 15.5 Å². The number of imide groups is 1. The number of benzene rings is 1. The second-order valence-electron chi connectivity index (χ2n) is 7.99. The van der Waals surface area contributed by atoms with Crippen LogP contribution in [-0.2, 0) is 9.59 Å². The van der Waals surface area contributed by atoms with E-state index in [0.29, 0.717) is 18.8 Å². The highest BCUT2D eigenvalue weighted by molar-refractivity contribution is 8.18. The summed E-state index contributed by atoms with van der Waals surface area (Å²) in [4.78, 5) is 52.1. The van der Waals surface area contributed by atoms with Gasteiger partial charge in [-0.25, -0.2) is 4.79 Å². The third kappa shape index (κ3) is 4.43. The maximum atomic E-state index is 12.9. The first-order valence-electron chi connectivity index (χ1n) is 10.4. The SMILES string of the molecule is Cc1cc(/C=C2\SC(=O)N(CC(=O)N3CCCC3)C2=O)c(C)n1-c1ccc(Cl)c(C(=O)O)c1. The highest BCUT2D eigenvalue weighted by atomic mass is 35.5. The summed E-state index contributed by atoms with van der Waals surface area (Å²) >= 11 is 6.81. The molecule has 1 aromatic carbocycles. The van der Waals surface area contributed by atoms with Crippen LogP contribution in [0.4, 0.5) is 4.79 Å². The molecular weight excluding hydrogens is 466 g/mol. The van der Waals surface area contributed by atoms with Crippen molar-refractivity contribution >= 4 is 52.5 Å². The van der Waals surface area contributed by atoms with Crippen LogP contribution in [0.15, 0.2) is 29.2 Å². The second kappa shape index (κ2) is 9.07. The number of carbonyl (C=O) groups excluding carboxylic acids is 3. The number of hydrogen-bond donors (Lipinski definition) is 1. The van der Waals surface area contributed by atoms with Gasteiger partial charge in [-0.1, -0.05) is 11.6 Å². The predicted molar refractivity (Wildman–Crippen MR) is 126 cm³/mol. The van der Waals surface area contributed by atoms with Gasteiger partial charge in [0.15, 0.2) is 0 Å². The molecule has 3 heterocycles. The van der Waals surface area contributed by atoms with E-state index in [1.807, 2.05) is 24.5 Å². The lowest BCUT2D eigenvalue weighted by atomic mass is 10.2. The van der Waals surface area contributed by atoms with Gasteiger partial charge in [-0.2, -0.15) is 0 Å². The van der Waals surface area contributed by atoms with Crippen molar-refractivity contribution in [1.29, 1.82) is 0 Å². The molecule has 0 aliphatic carbocycles. The number of hydrogen-bond acceptors (Lipinski definition) is 5. The molecule has 2 aliphatic heterocycles. The van der Waals surface area contributed by atoms with E-state index in [2.05, 4.69) is 0 Å². The molecule has 10 heteroatoms. The average molecular weight is 488 g/mol. The van der Waals surface area contributed by atoms with Crippen molar-refractivity contribution in [3.63, 3.8) is 0 Å². The van der Waals surface area contributed by atoms with Crippen LogP contribution in [0.5, 0.6) is 0 Å². The van der Waals surface area contributed by atoms with E-state index in [1.54, 1.807) is 17.0 Å². The summed E-state index contributed by atoms with van der Waals surface area (Å²) in [6, 6.07) is 6.60. The van der Waals surface area contributed by atoms with Crippen molar-refractivity contribution in [2.45, 2.75) is 26.7 Å². The van der Waals surface area contributed by atoms with Crippen LogP contribution in [0.2, 0.25) is 5.02 Å². The third-order valence-electron chi connectivity index (χ3n) is 5.82. The molecule has 0 spiro atoms. The van der Waals surface area contributed by atoms with Gasteiger partial charge in [0.1, 0.15) is 6.54 Å². The Bertz CT molecular complexity index is 1210. The molecule has 172 valence electrons. The van der Waals surface area contributed by atoms with E-state index in [1.165, 1.54) is 12.1 Å². The zero-order chi connectivity index (χ0) is 23.9. The molecule has 3 amide bonds. The number of carboxylic acid groups (broad SMARTS) is 1. The molecule has 1 N–H and O–H groups in total. The standard InChI is InChI=1S/C23H22ClN3O5S/c1-13-9-15(14(2)27(13)16-5-6-18(24)17(11-16)22(30)31)10-19-21(29)26(23(32)33-19)12-20(28)25-7-3-4-8-25/h5-6,9-11H,3-4,7-8,12H2,1-2H3,(H,30,31)/b19-10-. The molecule has 0 bridgehead atoms. The van der Waals surface area contributed by atoms with Crippen molar-refractivity contribution in [1.82, 2.24) is 14.4 Å². The van der Waals surface area contributed by atoms with Crippen molar-refractivity contribution in [3.8, 4) is 5.69 Å². The molecule has 2 aliphatic rings. The molecule has 0 atom stereocenters. The second-order valence-corrected chi connectivity index (χ2v) is 9.39. The minimum Gasteiger partial charge on any atom is -0.478 e. The van der Waals surface area contributed by atoms with E-state index < -0.39 is 17.1 Å². The summed E-state index contributed by atoms with van der Waals surface area (Å²) in [6.45, 7) is 4.77. The summed E-state index contributed by atoms with van der Waals surface area (Å²) < 4.78 is 1.86. The molecule has 0 radical (unpaired) electrons. The van der Waals surface area contributed by atoms with Gasteiger partial charge in [0.25, 0.3) is 11.1 Å². The molecule has 2 fully saturated rings. The number of likely N-dealkylation sites (tertiary alicyclic amines) is 1. The van der Waals surface area contributed by atoms with E-state index in [-0.39, 0.29) is 27.9 Å². The number of aryl methyl sites for hydroxylation is 1. The van der Waals surface area contributed by atoms with Crippen LogP contribution >= 0.6 is 23.4 Å². The summed E-state index contributed by atoms with van der Waals surface area (Å²) in [5, 5.41) is 9.06. The zero-order valence-electron chi connectivity index (χ0n) is 18.1. The number of carbonyl (C=O) groups is 4.